The fraction of sp³-hybridized carbons (Fsp3) is 0.824. The number of unbranched alkanes of at least 4 members (excludes halogenated alkanes) is 7. The minimum Gasteiger partial charge on any atom is -0.460 e. The molecule has 0 saturated heterocycles. The number of carbonyl (C=O) groups excluding carboxylic acids is 1. The molecule has 0 spiro atoms. The molecule has 0 rings (SSSR count). The Balaban J connectivity index is 0. The third kappa shape index (κ3) is 19.4. The van der Waals surface area contributed by atoms with Crippen molar-refractivity contribution in [1.29, 1.82) is 0 Å². The average molecular weight is 336 g/mol. The van der Waals surface area contributed by atoms with Gasteiger partial charge in [0.05, 0.1) is 13.2 Å². The lowest BCUT2D eigenvalue weighted by Crippen LogP contribution is -2.21. The Morgan fingerprint density at radius 1 is 0.955 bits per heavy atom. The van der Waals surface area contributed by atoms with E-state index in [4.69, 9.17) is 9.47 Å². The van der Waals surface area contributed by atoms with Crippen LogP contribution in [0.15, 0.2) is 12.7 Å². The molecule has 0 aromatic carbocycles. The Kier molecular flexibility index (Phi) is 22.0. The molecule has 0 unspecified atom stereocenters. The molecule has 132 valence electrons. The first-order valence-electron chi connectivity index (χ1n) is 8.39. The highest BCUT2D eigenvalue weighted by molar-refractivity contribution is 5.85. The van der Waals surface area contributed by atoms with E-state index in [1.165, 1.54) is 51.4 Å². The number of rotatable bonds is 16. The van der Waals surface area contributed by atoms with E-state index >= 15 is 0 Å². The van der Waals surface area contributed by atoms with Crippen molar-refractivity contribution in [2.75, 3.05) is 32.9 Å². The molecule has 0 aliphatic heterocycles. The van der Waals surface area contributed by atoms with Crippen molar-refractivity contribution < 1.29 is 14.3 Å². The van der Waals surface area contributed by atoms with Gasteiger partial charge in [-0.05, 0) is 13.0 Å². The molecule has 0 aliphatic rings. The Hall–Kier alpha value is -0.580. The molecular formula is C17H34ClNO3. The number of hydrogen-bond donors (Lipinski definition) is 1. The van der Waals surface area contributed by atoms with Crippen LogP contribution in [0.3, 0.4) is 0 Å². The van der Waals surface area contributed by atoms with Crippen LogP contribution < -0.4 is 5.32 Å². The van der Waals surface area contributed by atoms with Gasteiger partial charge < -0.3 is 14.8 Å². The van der Waals surface area contributed by atoms with Gasteiger partial charge in [-0.25, -0.2) is 4.79 Å². The van der Waals surface area contributed by atoms with E-state index in [1.807, 2.05) is 0 Å². The van der Waals surface area contributed by atoms with Crippen LogP contribution in [0.1, 0.15) is 58.3 Å². The molecule has 0 fully saturated rings. The molecule has 0 atom stereocenters. The molecule has 1 N–H and O–H groups in total. The van der Waals surface area contributed by atoms with Crippen LogP contribution in [0.5, 0.6) is 0 Å². The molecule has 0 aromatic rings. The summed E-state index contributed by atoms with van der Waals surface area (Å²) in [6.07, 6.45) is 12.0. The van der Waals surface area contributed by atoms with E-state index < -0.39 is 5.97 Å². The van der Waals surface area contributed by atoms with Crippen molar-refractivity contribution in [3.05, 3.63) is 12.7 Å². The van der Waals surface area contributed by atoms with Crippen LogP contribution in [-0.4, -0.2) is 38.9 Å². The van der Waals surface area contributed by atoms with E-state index in [1.54, 1.807) is 0 Å². The van der Waals surface area contributed by atoms with E-state index in [0.717, 1.165) is 19.2 Å². The second kappa shape index (κ2) is 20.4. The zero-order valence-corrected chi connectivity index (χ0v) is 14.9. The molecule has 0 saturated carbocycles. The number of nitrogens with one attached hydrogen (secondary N) is 1. The summed E-state index contributed by atoms with van der Waals surface area (Å²) in [7, 11) is 0. The summed E-state index contributed by atoms with van der Waals surface area (Å²) in [5.74, 6) is -0.397. The number of halogens is 1. The molecule has 0 heterocycles. The van der Waals surface area contributed by atoms with Crippen LogP contribution >= 0.6 is 12.4 Å². The van der Waals surface area contributed by atoms with Crippen LogP contribution in [0.2, 0.25) is 0 Å². The van der Waals surface area contributed by atoms with Gasteiger partial charge in [0.15, 0.2) is 0 Å². The molecule has 4 nitrogen and oxygen atoms in total. The van der Waals surface area contributed by atoms with Gasteiger partial charge in [-0.3, -0.25) is 0 Å². The van der Waals surface area contributed by atoms with Crippen molar-refractivity contribution in [2.24, 2.45) is 0 Å². The molecule has 5 heteroatoms. The fourth-order valence-electron chi connectivity index (χ4n) is 2.02. The van der Waals surface area contributed by atoms with Gasteiger partial charge in [-0.2, -0.15) is 0 Å². The predicted octanol–water partition coefficient (Wildman–Crippen LogP) is 3.88. The SMILES string of the molecule is C=CC(=O)OCCOCCNCCCCCCCCCC.Cl. The van der Waals surface area contributed by atoms with Gasteiger partial charge in [0, 0.05) is 12.6 Å². The highest BCUT2D eigenvalue weighted by Crippen LogP contribution is 2.07. The zero-order chi connectivity index (χ0) is 15.6. The molecule has 0 aliphatic carbocycles. The summed E-state index contributed by atoms with van der Waals surface area (Å²) >= 11 is 0. The summed E-state index contributed by atoms with van der Waals surface area (Å²) in [6.45, 7) is 8.88. The Labute approximate surface area is 142 Å². The number of ether oxygens (including phenoxy) is 2. The molecule has 0 amide bonds. The largest absolute Gasteiger partial charge is 0.460 e. The Morgan fingerprint density at radius 3 is 2.23 bits per heavy atom. The summed E-state index contributed by atoms with van der Waals surface area (Å²) in [6, 6.07) is 0. The second-order valence-electron chi connectivity index (χ2n) is 5.21. The Morgan fingerprint density at radius 2 is 1.59 bits per heavy atom. The van der Waals surface area contributed by atoms with Crippen molar-refractivity contribution in [1.82, 2.24) is 5.32 Å². The zero-order valence-electron chi connectivity index (χ0n) is 14.1. The third-order valence-corrected chi connectivity index (χ3v) is 3.27. The standard InChI is InChI=1S/C17H33NO3.ClH/c1-3-5-6-7-8-9-10-11-12-18-13-14-20-15-16-21-17(19)4-2;/h4,18H,2-3,5-16H2,1H3;1H. The lowest BCUT2D eigenvalue weighted by Gasteiger charge is -2.06. The third-order valence-electron chi connectivity index (χ3n) is 3.27. The number of esters is 1. The first kappa shape index (κ1) is 23.7. The molecule has 0 aromatic heterocycles. The maximum Gasteiger partial charge on any atom is 0.330 e. The van der Waals surface area contributed by atoms with Crippen molar-refractivity contribution in [3.63, 3.8) is 0 Å². The molecule has 0 radical (unpaired) electrons. The van der Waals surface area contributed by atoms with Crippen LogP contribution in [0.4, 0.5) is 0 Å². The predicted molar refractivity (Wildman–Crippen MR) is 94.7 cm³/mol. The average Bonchev–Trinajstić information content (AvgIpc) is 2.50. The highest BCUT2D eigenvalue weighted by atomic mass is 35.5. The second-order valence-corrected chi connectivity index (χ2v) is 5.21. The summed E-state index contributed by atoms with van der Waals surface area (Å²) in [4.78, 5) is 10.7. The van der Waals surface area contributed by atoms with Gasteiger partial charge in [0.1, 0.15) is 6.61 Å². The minimum absolute atomic E-state index is 0. The monoisotopic (exact) mass is 335 g/mol. The fourth-order valence-corrected chi connectivity index (χ4v) is 2.02. The topological polar surface area (TPSA) is 47.6 Å². The van der Waals surface area contributed by atoms with Gasteiger partial charge in [-0.15, -0.1) is 12.4 Å². The smallest absolute Gasteiger partial charge is 0.330 e. The highest BCUT2D eigenvalue weighted by Gasteiger charge is 1.95. The maximum absolute atomic E-state index is 10.7. The maximum atomic E-state index is 10.7. The van der Waals surface area contributed by atoms with Crippen LogP contribution in [0.25, 0.3) is 0 Å². The first-order valence-corrected chi connectivity index (χ1v) is 8.39. The number of carbonyl (C=O) groups is 1. The van der Waals surface area contributed by atoms with E-state index in [0.29, 0.717) is 19.8 Å². The van der Waals surface area contributed by atoms with Crippen molar-refractivity contribution in [3.8, 4) is 0 Å². The van der Waals surface area contributed by atoms with Crippen molar-refractivity contribution in [2.45, 2.75) is 58.3 Å². The van der Waals surface area contributed by atoms with E-state index in [9.17, 15) is 4.79 Å². The van der Waals surface area contributed by atoms with Gasteiger partial charge in [0.2, 0.25) is 0 Å². The molecule has 0 bridgehead atoms. The van der Waals surface area contributed by atoms with E-state index in [-0.39, 0.29) is 12.4 Å². The lowest BCUT2D eigenvalue weighted by atomic mass is 10.1. The lowest BCUT2D eigenvalue weighted by molar-refractivity contribution is -0.139. The van der Waals surface area contributed by atoms with Crippen LogP contribution in [-0.2, 0) is 14.3 Å². The normalized spacial score (nSPS) is 10.0. The van der Waals surface area contributed by atoms with Crippen LogP contribution in [0, 0.1) is 0 Å². The van der Waals surface area contributed by atoms with Gasteiger partial charge >= 0.3 is 5.97 Å². The Bertz CT molecular complexity index is 250. The quantitative estimate of drug-likeness (QED) is 0.264. The van der Waals surface area contributed by atoms with Gasteiger partial charge in [0.25, 0.3) is 0 Å². The summed E-state index contributed by atoms with van der Waals surface area (Å²) < 4.78 is 10.1. The number of hydrogen-bond acceptors (Lipinski definition) is 4. The molecule has 22 heavy (non-hydrogen) atoms. The van der Waals surface area contributed by atoms with E-state index in [2.05, 4.69) is 18.8 Å². The van der Waals surface area contributed by atoms with Crippen molar-refractivity contribution >= 4 is 18.4 Å². The summed E-state index contributed by atoms with van der Waals surface area (Å²) in [5, 5.41) is 3.36. The minimum atomic E-state index is -0.397. The first-order chi connectivity index (χ1) is 10.3. The molecular weight excluding hydrogens is 302 g/mol. The van der Waals surface area contributed by atoms with Gasteiger partial charge in [-0.1, -0.05) is 58.4 Å². The summed E-state index contributed by atoms with van der Waals surface area (Å²) in [5.41, 5.74) is 0.